The number of aromatic nitrogens is 5. The first-order valence-electron chi connectivity index (χ1n) is 9.96. The lowest BCUT2D eigenvalue weighted by Crippen LogP contribution is -2.46. The summed E-state index contributed by atoms with van der Waals surface area (Å²) in [5.41, 5.74) is 5.63. The van der Waals surface area contributed by atoms with Gasteiger partial charge in [-0.15, -0.1) is 0 Å². The molecule has 0 saturated carbocycles. The summed E-state index contributed by atoms with van der Waals surface area (Å²) in [7, 11) is 4.16. The molecule has 7 heteroatoms. The highest BCUT2D eigenvalue weighted by atomic mass is 15.3. The van der Waals surface area contributed by atoms with Gasteiger partial charge in [0.1, 0.15) is 5.65 Å². The predicted octanol–water partition coefficient (Wildman–Crippen LogP) is 2.62. The van der Waals surface area contributed by atoms with Crippen LogP contribution in [0.25, 0.3) is 16.9 Å². The Bertz CT molecular complexity index is 1110. The third-order valence-electron chi connectivity index (χ3n) is 5.72. The van der Waals surface area contributed by atoms with Gasteiger partial charge in [-0.2, -0.15) is 5.10 Å². The Hall–Kier alpha value is -3.03. The quantitative estimate of drug-likeness (QED) is 0.539. The molecule has 1 aliphatic heterocycles. The highest BCUT2D eigenvalue weighted by molar-refractivity contribution is 5.63. The predicted molar refractivity (Wildman–Crippen MR) is 112 cm³/mol. The molecule has 0 N–H and O–H groups in total. The van der Waals surface area contributed by atoms with E-state index < -0.39 is 0 Å². The number of hydrogen-bond acceptors (Lipinski definition) is 5. The maximum absolute atomic E-state index is 4.98. The molecule has 0 spiro atoms. The van der Waals surface area contributed by atoms with Crippen LogP contribution in [0.2, 0.25) is 0 Å². The summed E-state index contributed by atoms with van der Waals surface area (Å²) in [6.45, 7) is 3.96. The highest BCUT2D eigenvalue weighted by Gasteiger charge is 2.28. The summed E-state index contributed by atoms with van der Waals surface area (Å²) < 4.78 is 4.06. The monoisotopic (exact) mass is 387 g/mol. The Morgan fingerprint density at radius 3 is 2.69 bits per heavy atom. The molecule has 29 heavy (non-hydrogen) atoms. The summed E-state index contributed by atoms with van der Waals surface area (Å²) in [6.07, 6.45) is 9.91. The van der Waals surface area contributed by atoms with Crippen molar-refractivity contribution in [3.8, 4) is 11.3 Å². The van der Waals surface area contributed by atoms with Gasteiger partial charge in [-0.1, -0.05) is 6.07 Å². The van der Waals surface area contributed by atoms with Crippen LogP contribution in [0.15, 0.2) is 61.3 Å². The van der Waals surface area contributed by atoms with Crippen LogP contribution >= 0.6 is 0 Å². The van der Waals surface area contributed by atoms with E-state index in [4.69, 9.17) is 4.98 Å². The minimum absolute atomic E-state index is 0.269. The molecule has 5 rings (SSSR count). The smallest absolute Gasteiger partial charge is 0.137 e. The van der Waals surface area contributed by atoms with E-state index in [2.05, 4.69) is 61.9 Å². The second-order valence-electron chi connectivity index (χ2n) is 7.79. The van der Waals surface area contributed by atoms with Gasteiger partial charge in [-0.25, -0.2) is 4.98 Å². The topological polar surface area (TPSA) is 54.5 Å². The lowest BCUT2D eigenvalue weighted by atomic mass is 10.1. The van der Waals surface area contributed by atoms with Crippen LogP contribution in [0.4, 0.5) is 0 Å². The Balaban J connectivity index is 1.44. The number of imidazole rings is 1. The van der Waals surface area contributed by atoms with Crippen LogP contribution in [0.5, 0.6) is 0 Å². The van der Waals surface area contributed by atoms with Crippen molar-refractivity contribution in [1.82, 2.24) is 33.9 Å². The first-order valence-corrected chi connectivity index (χ1v) is 9.96. The van der Waals surface area contributed by atoms with Crippen LogP contribution in [0, 0.1) is 0 Å². The van der Waals surface area contributed by atoms with Crippen molar-refractivity contribution in [2.75, 3.05) is 26.7 Å². The standard InChI is InChI=1S/C22H25N7/c1-26-10-11-28(14-17-12-24-27(2)13-17)16-21(26)19-15-29-20(4-3-5-22(29)25-19)18-6-8-23-9-7-18/h3-9,12-13,15,21H,10-11,14,16H2,1-2H3/t21-/m0/s1. The zero-order chi connectivity index (χ0) is 19.8. The van der Waals surface area contributed by atoms with E-state index in [0.717, 1.165) is 48.8 Å². The number of pyridine rings is 2. The van der Waals surface area contributed by atoms with Crippen LogP contribution in [-0.4, -0.2) is 60.6 Å². The fourth-order valence-corrected chi connectivity index (χ4v) is 4.15. The fraction of sp³-hybridized carbons (Fsp3) is 0.318. The van der Waals surface area contributed by atoms with Crippen molar-refractivity contribution in [2.24, 2.45) is 7.05 Å². The van der Waals surface area contributed by atoms with Crippen molar-refractivity contribution >= 4 is 5.65 Å². The maximum Gasteiger partial charge on any atom is 0.137 e. The van der Waals surface area contributed by atoms with Gasteiger partial charge in [-0.3, -0.25) is 23.9 Å². The second kappa shape index (κ2) is 7.42. The van der Waals surface area contributed by atoms with Gasteiger partial charge in [-0.05, 0) is 31.3 Å². The van der Waals surface area contributed by atoms with E-state index in [9.17, 15) is 0 Å². The molecule has 5 heterocycles. The summed E-state index contributed by atoms with van der Waals surface area (Å²) in [5.74, 6) is 0. The second-order valence-corrected chi connectivity index (χ2v) is 7.79. The van der Waals surface area contributed by atoms with Crippen molar-refractivity contribution in [2.45, 2.75) is 12.6 Å². The molecule has 4 aromatic heterocycles. The number of likely N-dealkylation sites (N-methyl/N-ethyl adjacent to an activating group) is 1. The average molecular weight is 387 g/mol. The van der Waals surface area contributed by atoms with E-state index in [0.29, 0.717) is 0 Å². The number of piperazine rings is 1. The number of nitrogens with zero attached hydrogens (tertiary/aromatic N) is 7. The first kappa shape index (κ1) is 18.0. The zero-order valence-corrected chi connectivity index (χ0v) is 16.8. The molecule has 0 radical (unpaired) electrons. The van der Waals surface area contributed by atoms with Gasteiger partial charge >= 0.3 is 0 Å². The molecule has 1 saturated heterocycles. The molecule has 0 amide bonds. The molecule has 0 unspecified atom stereocenters. The van der Waals surface area contributed by atoms with Gasteiger partial charge in [0.2, 0.25) is 0 Å². The van der Waals surface area contributed by atoms with Gasteiger partial charge in [0.25, 0.3) is 0 Å². The van der Waals surface area contributed by atoms with E-state index in [-0.39, 0.29) is 6.04 Å². The van der Waals surface area contributed by atoms with Gasteiger partial charge in [0.15, 0.2) is 0 Å². The van der Waals surface area contributed by atoms with Gasteiger partial charge in [0, 0.05) is 69.1 Å². The van der Waals surface area contributed by atoms with Gasteiger partial charge < -0.3 is 0 Å². The third kappa shape index (κ3) is 3.54. The van der Waals surface area contributed by atoms with Crippen molar-refractivity contribution in [3.05, 3.63) is 72.6 Å². The Morgan fingerprint density at radius 1 is 1.03 bits per heavy atom. The molecule has 0 aromatic carbocycles. The van der Waals surface area contributed by atoms with Crippen molar-refractivity contribution in [1.29, 1.82) is 0 Å². The summed E-state index contributed by atoms with van der Waals surface area (Å²) in [5, 5.41) is 4.30. The largest absolute Gasteiger partial charge is 0.299 e. The molecule has 0 bridgehead atoms. The number of fused-ring (bicyclic) bond motifs is 1. The zero-order valence-electron chi connectivity index (χ0n) is 16.8. The van der Waals surface area contributed by atoms with E-state index in [1.807, 2.05) is 42.5 Å². The molecule has 4 aromatic rings. The van der Waals surface area contributed by atoms with Crippen molar-refractivity contribution in [3.63, 3.8) is 0 Å². The van der Waals surface area contributed by atoms with Gasteiger partial charge in [0.05, 0.1) is 23.6 Å². The summed E-state index contributed by atoms with van der Waals surface area (Å²) in [4.78, 5) is 14.0. The molecule has 7 nitrogen and oxygen atoms in total. The lowest BCUT2D eigenvalue weighted by Gasteiger charge is -2.38. The summed E-state index contributed by atoms with van der Waals surface area (Å²) in [6, 6.07) is 10.6. The molecule has 1 atom stereocenters. The Kier molecular flexibility index (Phi) is 4.61. The third-order valence-corrected chi connectivity index (χ3v) is 5.72. The summed E-state index contributed by atoms with van der Waals surface area (Å²) >= 11 is 0. The van der Waals surface area contributed by atoms with E-state index in [1.54, 1.807) is 0 Å². The minimum atomic E-state index is 0.269. The molecular weight excluding hydrogens is 362 g/mol. The molecule has 1 fully saturated rings. The molecule has 1 aliphatic rings. The van der Waals surface area contributed by atoms with Crippen LogP contribution in [0.1, 0.15) is 17.3 Å². The van der Waals surface area contributed by atoms with E-state index in [1.165, 1.54) is 5.56 Å². The van der Waals surface area contributed by atoms with Crippen molar-refractivity contribution < 1.29 is 0 Å². The number of hydrogen-bond donors (Lipinski definition) is 0. The molecule has 0 aliphatic carbocycles. The molecule has 148 valence electrons. The first-order chi connectivity index (χ1) is 14.2. The number of rotatable bonds is 4. The van der Waals surface area contributed by atoms with Crippen LogP contribution in [0.3, 0.4) is 0 Å². The van der Waals surface area contributed by atoms with Crippen LogP contribution in [-0.2, 0) is 13.6 Å². The SMILES string of the molecule is CN1CCN(Cc2cnn(C)c2)C[C@H]1c1cn2c(-c3ccncc3)cccc2n1. The highest BCUT2D eigenvalue weighted by Crippen LogP contribution is 2.27. The number of aryl methyl sites for hydroxylation is 1. The lowest BCUT2D eigenvalue weighted by molar-refractivity contribution is 0.0885. The normalized spacial score (nSPS) is 18.5. The minimum Gasteiger partial charge on any atom is -0.299 e. The molecular formula is C22H25N7. The Labute approximate surface area is 170 Å². The van der Waals surface area contributed by atoms with Crippen LogP contribution < -0.4 is 0 Å². The van der Waals surface area contributed by atoms with E-state index >= 15 is 0 Å². The average Bonchev–Trinajstić information content (AvgIpc) is 3.35. The fourth-order valence-electron chi connectivity index (χ4n) is 4.15. The maximum atomic E-state index is 4.98. The Morgan fingerprint density at radius 2 is 1.90 bits per heavy atom.